The molecule has 0 heterocycles. The standard InChI is InChI=1S/C13H20O/c1-6-2-7-3-9(6)12-8-4-10(13(7)12)11(14)5-8/h6-14H,2-5H2,1H3. The van der Waals surface area contributed by atoms with Gasteiger partial charge in [0.1, 0.15) is 0 Å². The van der Waals surface area contributed by atoms with Crippen molar-refractivity contribution < 1.29 is 5.11 Å². The summed E-state index contributed by atoms with van der Waals surface area (Å²) in [6, 6.07) is 0. The summed E-state index contributed by atoms with van der Waals surface area (Å²) in [5.74, 6) is 6.67. The Kier molecular flexibility index (Phi) is 1.38. The van der Waals surface area contributed by atoms with E-state index < -0.39 is 0 Å². The first kappa shape index (κ1) is 8.15. The second-order valence-electron chi connectivity index (χ2n) is 6.49. The van der Waals surface area contributed by atoms with Crippen molar-refractivity contribution in [2.45, 2.75) is 38.7 Å². The van der Waals surface area contributed by atoms with Gasteiger partial charge < -0.3 is 5.11 Å². The lowest BCUT2D eigenvalue weighted by Crippen LogP contribution is -2.37. The molecule has 0 spiro atoms. The Labute approximate surface area is 85.9 Å². The van der Waals surface area contributed by atoms with E-state index in [9.17, 15) is 5.11 Å². The molecule has 0 aromatic heterocycles. The van der Waals surface area contributed by atoms with E-state index in [1.54, 1.807) is 0 Å². The fourth-order valence-electron chi connectivity index (χ4n) is 5.90. The minimum Gasteiger partial charge on any atom is -0.393 e. The molecule has 1 N–H and O–H groups in total. The van der Waals surface area contributed by atoms with Crippen molar-refractivity contribution in [3.63, 3.8) is 0 Å². The summed E-state index contributed by atoms with van der Waals surface area (Å²) in [7, 11) is 0. The molecule has 4 aliphatic rings. The largest absolute Gasteiger partial charge is 0.393 e. The highest BCUT2D eigenvalue weighted by Gasteiger charge is 2.63. The number of hydrogen-bond acceptors (Lipinski definition) is 1. The molecule has 0 saturated heterocycles. The highest BCUT2D eigenvalue weighted by Crippen LogP contribution is 2.68. The lowest BCUT2D eigenvalue weighted by molar-refractivity contribution is 0.0180. The van der Waals surface area contributed by atoms with Crippen LogP contribution in [-0.4, -0.2) is 11.2 Å². The van der Waals surface area contributed by atoms with Crippen LogP contribution >= 0.6 is 0 Å². The summed E-state index contributed by atoms with van der Waals surface area (Å²) in [6.07, 6.45) is 5.58. The smallest absolute Gasteiger partial charge is 0.0574 e. The molecule has 1 heteroatoms. The topological polar surface area (TPSA) is 20.2 Å². The highest BCUT2D eigenvalue weighted by atomic mass is 16.3. The fraction of sp³-hybridized carbons (Fsp3) is 1.00. The Morgan fingerprint density at radius 3 is 2.36 bits per heavy atom. The fourth-order valence-corrected chi connectivity index (χ4v) is 5.90. The zero-order chi connectivity index (χ0) is 9.45. The van der Waals surface area contributed by atoms with Gasteiger partial charge in [-0.3, -0.25) is 0 Å². The minimum absolute atomic E-state index is 0.0795. The third-order valence-corrected chi connectivity index (χ3v) is 6.12. The van der Waals surface area contributed by atoms with Crippen molar-refractivity contribution in [3.8, 4) is 0 Å². The van der Waals surface area contributed by atoms with E-state index in [4.69, 9.17) is 0 Å². The Hall–Kier alpha value is -0.0400. The Balaban J connectivity index is 1.72. The number of hydrogen-bond donors (Lipinski definition) is 1. The Bertz CT molecular complexity index is 246. The minimum atomic E-state index is 0.0795. The van der Waals surface area contributed by atoms with E-state index in [-0.39, 0.29) is 6.10 Å². The lowest BCUT2D eigenvalue weighted by Gasteiger charge is -2.39. The summed E-state index contributed by atoms with van der Waals surface area (Å²) in [6.45, 7) is 2.46. The van der Waals surface area contributed by atoms with Gasteiger partial charge in [-0.05, 0) is 67.1 Å². The molecule has 1 nitrogen and oxygen atoms in total. The predicted molar refractivity (Wildman–Crippen MR) is 54.6 cm³/mol. The molecule has 4 aliphatic carbocycles. The zero-order valence-corrected chi connectivity index (χ0v) is 8.89. The van der Waals surface area contributed by atoms with Gasteiger partial charge in [-0.25, -0.2) is 0 Å². The van der Waals surface area contributed by atoms with Crippen LogP contribution in [0.15, 0.2) is 0 Å². The molecule has 4 bridgehead atoms. The summed E-state index contributed by atoms with van der Waals surface area (Å²) in [5.41, 5.74) is 0. The first-order chi connectivity index (χ1) is 6.75. The van der Waals surface area contributed by atoms with Crippen molar-refractivity contribution in [2.24, 2.45) is 41.4 Å². The van der Waals surface area contributed by atoms with Crippen LogP contribution in [0, 0.1) is 41.4 Å². The van der Waals surface area contributed by atoms with E-state index in [0.717, 1.165) is 41.9 Å². The summed E-state index contributed by atoms with van der Waals surface area (Å²) >= 11 is 0. The molecule has 4 saturated carbocycles. The van der Waals surface area contributed by atoms with Crippen LogP contribution in [0.2, 0.25) is 0 Å². The van der Waals surface area contributed by atoms with Crippen molar-refractivity contribution in [1.82, 2.24) is 0 Å². The second kappa shape index (κ2) is 2.37. The maximum Gasteiger partial charge on any atom is 0.0574 e. The zero-order valence-electron chi connectivity index (χ0n) is 8.89. The van der Waals surface area contributed by atoms with Crippen molar-refractivity contribution in [2.75, 3.05) is 0 Å². The molecular formula is C13H20O. The first-order valence-corrected chi connectivity index (χ1v) is 6.43. The molecule has 14 heavy (non-hydrogen) atoms. The third-order valence-electron chi connectivity index (χ3n) is 6.12. The molecule has 0 radical (unpaired) electrons. The summed E-state index contributed by atoms with van der Waals surface area (Å²) in [4.78, 5) is 0. The molecule has 78 valence electrons. The average Bonchev–Trinajstić information content (AvgIpc) is 2.78. The van der Waals surface area contributed by atoms with Crippen LogP contribution in [0.1, 0.15) is 32.6 Å². The van der Waals surface area contributed by atoms with Crippen LogP contribution in [0.25, 0.3) is 0 Å². The molecule has 4 rings (SSSR count). The van der Waals surface area contributed by atoms with E-state index >= 15 is 0 Å². The van der Waals surface area contributed by atoms with Gasteiger partial charge in [-0.2, -0.15) is 0 Å². The first-order valence-electron chi connectivity index (χ1n) is 6.43. The third kappa shape index (κ3) is 0.743. The van der Waals surface area contributed by atoms with Crippen LogP contribution in [0.3, 0.4) is 0 Å². The molecule has 8 unspecified atom stereocenters. The lowest BCUT2D eigenvalue weighted by atomic mass is 9.67. The number of fused-ring (bicyclic) bond motifs is 9. The highest BCUT2D eigenvalue weighted by molar-refractivity contribution is 5.12. The van der Waals surface area contributed by atoms with Crippen molar-refractivity contribution in [1.29, 1.82) is 0 Å². The SMILES string of the molecule is CC1CC2CC1C1C3CC(O)C(C3)C21. The molecule has 0 amide bonds. The van der Waals surface area contributed by atoms with Gasteiger partial charge in [0.25, 0.3) is 0 Å². The van der Waals surface area contributed by atoms with Crippen LogP contribution in [0.4, 0.5) is 0 Å². The van der Waals surface area contributed by atoms with Gasteiger partial charge in [-0.15, -0.1) is 0 Å². The molecule has 4 fully saturated rings. The summed E-state index contributed by atoms with van der Waals surface area (Å²) < 4.78 is 0. The van der Waals surface area contributed by atoms with E-state index in [1.165, 1.54) is 19.3 Å². The van der Waals surface area contributed by atoms with Crippen molar-refractivity contribution in [3.05, 3.63) is 0 Å². The summed E-state index contributed by atoms with van der Waals surface area (Å²) in [5, 5.41) is 9.96. The van der Waals surface area contributed by atoms with Crippen LogP contribution < -0.4 is 0 Å². The average molecular weight is 192 g/mol. The molecule has 0 aliphatic heterocycles. The van der Waals surface area contributed by atoms with E-state index in [1.807, 2.05) is 0 Å². The number of aliphatic hydroxyl groups is 1. The molecule has 8 atom stereocenters. The Morgan fingerprint density at radius 2 is 1.50 bits per heavy atom. The maximum absolute atomic E-state index is 9.96. The van der Waals surface area contributed by atoms with Gasteiger partial charge in [0.2, 0.25) is 0 Å². The van der Waals surface area contributed by atoms with Crippen molar-refractivity contribution >= 4 is 0 Å². The molecule has 0 aromatic rings. The van der Waals surface area contributed by atoms with Crippen LogP contribution in [-0.2, 0) is 0 Å². The maximum atomic E-state index is 9.96. The van der Waals surface area contributed by atoms with Gasteiger partial charge in [-0.1, -0.05) is 6.92 Å². The molecule has 0 aromatic carbocycles. The van der Waals surface area contributed by atoms with Gasteiger partial charge in [0.15, 0.2) is 0 Å². The molecular weight excluding hydrogens is 172 g/mol. The van der Waals surface area contributed by atoms with Gasteiger partial charge >= 0.3 is 0 Å². The van der Waals surface area contributed by atoms with Gasteiger partial charge in [0, 0.05) is 0 Å². The second-order valence-corrected chi connectivity index (χ2v) is 6.49. The van der Waals surface area contributed by atoms with E-state index in [2.05, 4.69) is 6.92 Å². The van der Waals surface area contributed by atoms with Crippen LogP contribution in [0.5, 0.6) is 0 Å². The normalized spacial score (nSPS) is 69.0. The number of rotatable bonds is 0. The van der Waals surface area contributed by atoms with Gasteiger partial charge in [0.05, 0.1) is 6.10 Å². The van der Waals surface area contributed by atoms with E-state index in [0.29, 0.717) is 5.92 Å². The number of aliphatic hydroxyl groups excluding tert-OH is 1. The predicted octanol–water partition coefficient (Wildman–Crippen LogP) is 2.30. The quantitative estimate of drug-likeness (QED) is 0.584. The monoisotopic (exact) mass is 192 g/mol. The Morgan fingerprint density at radius 1 is 0.857 bits per heavy atom.